The Balaban J connectivity index is 2.81. The van der Waals surface area contributed by atoms with Crippen LogP contribution in [0.3, 0.4) is 0 Å². The van der Waals surface area contributed by atoms with Gasteiger partial charge in [-0.3, -0.25) is 0 Å². The van der Waals surface area contributed by atoms with Gasteiger partial charge >= 0.3 is 0 Å². The average molecular weight is 165 g/mol. The van der Waals surface area contributed by atoms with Gasteiger partial charge in [0.25, 0.3) is 0 Å². The van der Waals surface area contributed by atoms with Crippen LogP contribution in [0.5, 0.6) is 5.88 Å². The summed E-state index contributed by atoms with van der Waals surface area (Å²) in [5.74, 6) is 0.452. The zero-order valence-electron chi connectivity index (χ0n) is 6.72. The standard InChI is InChI=1S/C6H7N5O/c1-11-5-4(9-10-11)6(12-2)8-3-7-5/h3H,1-2H3. The minimum Gasteiger partial charge on any atom is -0.479 e. The summed E-state index contributed by atoms with van der Waals surface area (Å²) < 4.78 is 6.54. The molecule has 6 nitrogen and oxygen atoms in total. The molecule has 6 heteroatoms. The van der Waals surface area contributed by atoms with Crippen molar-refractivity contribution in [1.82, 2.24) is 25.0 Å². The van der Waals surface area contributed by atoms with Crippen LogP contribution < -0.4 is 4.74 Å². The predicted octanol–water partition coefficient (Wildman–Crippen LogP) is -0.233. The summed E-state index contributed by atoms with van der Waals surface area (Å²) in [7, 11) is 3.30. The molecule has 2 rings (SSSR count). The summed E-state index contributed by atoms with van der Waals surface area (Å²) in [5, 5.41) is 7.64. The molecular weight excluding hydrogens is 158 g/mol. The lowest BCUT2D eigenvalue weighted by molar-refractivity contribution is 0.401. The lowest BCUT2D eigenvalue weighted by Gasteiger charge is -1.96. The van der Waals surface area contributed by atoms with Gasteiger partial charge in [-0.25, -0.2) is 9.67 Å². The van der Waals surface area contributed by atoms with E-state index in [2.05, 4.69) is 20.3 Å². The van der Waals surface area contributed by atoms with Gasteiger partial charge in [0.1, 0.15) is 6.33 Å². The Labute approximate surface area is 68.2 Å². The van der Waals surface area contributed by atoms with E-state index in [1.165, 1.54) is 13.4 Å². The molecule has 12 heavy (non-hydrogen) atoms. The van der Waals surface area contributed by atoms with Crippen LogP contribution in [0.25, 0.3) is 11.2 Å². The molecule has 0 spiro atoms. The summed E-state index contributed by atoms with van der Waals surface area (Å²) in [5.41, 5.74) is 1.25. The summed E-state index contributed by atoms with van der Waals surface area (Å²) >= 11 is 0. The second-order valence-corrected chi connectivity index (χ2v) is 2.27. The van der Waals surface area contributed by atoms with Crippen molar-refractivity contribution in [3.05, 3.63) is 6.33 Å². The topological polar surface area (TPSA) is 65.7 Å². The van der Waals surface area contributed by atoms with Crippen LogP contribution in [-0.2, 0) is 7.05 Å². The Kier molecular flexibility index (Phi) is 1.39. The zero-order valence-corrected chi connectivity index (χ0v) is 6.72. The Morgan fingerprint density at radius 1 is 1.42 bits per heavy atom. The molecule has 2 aromatic rings. The van der Waals surface area contributed by atoms with E-state index in [0.29, 0.717) is 17.0 Å². The maximum atomic E-state index is 4.97. The van der Waals surface area contributed by atoms with Gasteiger partial charge in [0, 0.05) is 7.05 Å². The van der Waals surface area contributed by atoms with Gasteiger partial charge in [0.05, 0.1) is 7.11 Å². The number of methoxy groups -OCH3 is 1. The van der Waals surface area contributed by atoms with Crippen molar-refractivity contribution in [2.45, 2.75) is 0 Å². The smallest absolute Gasteiger partial charge is 0.247 e. The van der Waals surface area contributed by atoms with E-state index >= 15 is 0 Å². The number of aryl methyl sites for hydroxylation is 1. The molecule has 0 aromatic carbocycles. The predicted molar refractivity (Wildman–Crippen MR) is 40.7 cm³/mol. The van der Waals surface area contributed by atoms with Crippen LogP contribution in [0.15, 0.2) is 6.33 Å². The Bertz CT molecular complexity index is 409. The molecule has 2 aromatic heterocycles. The van der Waals surface area contributed by atoms with Crippen LogP contribution >= 0.6 is 0 Å². The molecule has 0 amide bonds. The number of hydrogen-bond acceptors (Lipinski definition) is 5. The fourth-order valence-electron chi connectivity index (χ4n) is 0.982. The SMILES string of the molecule is COc1ncnc2c1nnn2C. The molecule has 0 bridgehead atoms. The molecule has 0 saturated heterocycles. The van der Waals surface area contributed by atoms with Crippen molar-refractivity contribution >= 4 is 11.2 Å². The summed E-state index contributed by atoms with van der Waals surface area (Å²) in [6.07, 6.45) is 1.42. The molecule has 62 valence electrons. The van der Waals surface area contributed by atoms with E-state index in [0.717, 1.165) is 0 Å². The average Bonchev–Trinajstić information content (AvgIpc) is 2.48. The maximum absolute atomic E-state index is 4.97. The normalized spacial score (nSPS) is 10.5. The molecule has 2 heterocycles. The molecule has 0 aliphatic carbocycles. The molecule has 0 saturated carbocycles. The number of aromatic nitrogens is 5. The van der Waals surface area contributed by atoms with Crippen molar-refractivity contribution in [3.8, 4) is 5.88 Å². The quantitative estimate of drug-likeness (QED) is 0.583. The summed E-state index contributed by atoms with van der Waals surface area (Å²) in [6, 6.07) is 0. The largest absolute Gasteiger partial charge is 0.479 e. The molecule has 0 aliphatic heterocycles. The van der Waals surface area contributed by atoms with E-state index < -0.39 is 0 Å². The number of fused-ring (bicyclic) bond motifs is 1. The van der Waals surface area contributed by atoms with E-state index in [1.54, 1.807) is 11.7 Å². The van der Waals surface area contributed by atoms with E-state index in [4.69, 9.17) is 4.74 Å². The molecule has 0 atom stereocenters. The lowest BCUT2D eigenvalue weighted by atomic mass is 10.5. The third kappa shape index (κ3) is 0.810. The van der Waals surface area contributed by atoms with Crippen LogP contribution in [0.1, 0.15) is 0 Å². The van der Waals surface area contributed by atoms with Crippen LogP contribution in [-0.4, -0.2) is 32.1 Å². The molecule has 0 aliphatic rings. The Hall–Kier alpha value is -1.72. The number of rotatable bonds is 1. The maximum Gasteiger partial charge on any atom is 0.247 e. The minimum absolute atomic E-state index is 0.452. The fourth-order valence-corrected chi connectivity index (χ4v) is 0.982. The second-order valence-electron chi connectivity index (χ2n) is 2.27. The molecule has 0 fully saturated rings. The van der Waals surface area contributed by atoms with Crippen LogP contribution in [0.4, 0.5) is 0 Å². The van der Waals surface area contributed by atoms with Gasteiger partial charge in [-0.1, -0.05) is 5.21 Å². The highest BCUT2D eigenvalue weighted by molar-refractivity contribution is 5.74. The number of ether oxygens (including phenoxy) is 1. The third-order valence-corrected chi connectivity index (χ3v) is 1.55. The monoisotopic (exact) mass is 165 g/mol. The minimum atomic E-state index is 0.452. The third-order valence-electron chi connectivity index (χ3n) is 1.55. The van der Waals surface area contributed by atoms with Crippen LogP contribution in [0.2, 0.25) is 0 Å². The van der Waals surface area contributed by atoms with Gasteiger partial charge in [-0.15, -0.1) is 5.10 Å². The van der Waals surface area contributed by atoms with Crippen molar-refractivity contribution < 1.29 is 4.74 Å². The first kappa shape index (κ1) is 6.96. The first-order valence-corrected chi connectivity index (χ1v) is 3.37. The molecule has 0 unspecified atom stereocenters. The first-order valence-electron chi connectivity index (χ1n) is 3.37. The molecule has 0 N–H and O–H groups in total. The fraction of sp³-hybridized carbons (Fsp3) is 0.333. The summed E-state index contributed by atoms with van der Waals surface area (Å²) in [6.45, 7) is 0. The summed E-state index contributed by atoms with van der Waals surface area (Å²) in [4.78, 5) is 7.89. The van der Waals surface area contributed by atoms with Gasteiger partial charge in [-0.05, 0) is 0 Å². The van der Waals surface area contributed by atoms with Crippen molar-refractivity contribution in [3.63, 3.8) is 0 Å². The van der Waals surface area contributed by atoms with Crippen LogP contribution in [0, 0.1) is 0 Å². The van der Waals surface area contributed by atoms with E-state index in [-0.39, 0.29) is 0 Å². The van der Waals surface area contributed by atoms with Gasteiger partial charge in [0.2, 0.25) is 5.88 Å². The Morgan fingerprint density at radius 3 is 3.00 bits per heavy atom. The highest BCUT2D eigenvalue weighted by Gasteiger charge is 2.08. The van der Waals surface area contributed by atoms with E-state index in [1.807, 2.05) is 0 Å². The molecular formula is C6H7N5O. The van der Waals surface area contributed by atoms with Crippen molar-refractivity contribution in [2.24, 2.45) is 7.05 Å². The number of hydrogen-bond donors (Lipinski definition) is 0. The van der Waals surface area contributed by atoms with Crippen molar-refractivity contribution in [2.75, 3.05) is 7.11 Å². The van der Waals surface area contributed by atoms with Gasteiger partial charge < -0.3 is 4.74 Å². The highest BCUT2D eigenvalue weighted by atomic mass is 16.5. The van der Waals surface area contributed by atoms with Crippen molar-refractivity contribution in [1.29, 1.82) is 0 Å². The highest BCUT2D eigenvalue weighted by Crippen LogP contribution is 2.15. The van der Waals surface area contributed by atoms with E-state index in [9.17, 15) is 0 Å². The lowest BCUT2D eigenvalue weighted by Crippen LogP contribution is -1.93. The number of nitrogens with zero attached hydrogens (tertiary/aromatic N) is 5. The van der Waals surface area contributed by atoms with Gasteiger partial charge in [-0.2, -0.15) is 4.98 Å². The first-order chi connectivity index (χ1) is 5.83. The van der Waals surface area contributed by atoms with Gasteiger partial charge in [0.15, 0.2) is 11.2 Å². The molecule has 0 radical (unpaired) electrons. The zero-order chi connectivity index (χ0) is 8.55. The Morgan fingerprint density at radius 2 is 2.25 bits per heavy atom. The second kappa shape index (κ2) is 2.40.